The minimum atomic E-state index is -2.77. The molecule has 0 spiro atoms. The summed E-state index contributed by atoms with van der Waals surface area (Å²) in [6, 6.07) is 3.86. The molecule has 0 N–H and O–H groups in total. The normalized spacial score (nSPS) is 16.9. The molecule has 1 aromatic carbocycles. The van der Waals surface area contributed by atoms with Gasteiger partial charge in [0.15, 0.2) is 0 Å². The van der Waals surface area contributed by atoms with Crippen molar-refractivity contribution in [2.75, 3.05) is 6.61 Å². The van der Waals surface area contributed by atoms with E-state index in [1.165, 1.54) is 6.07 Å². The summed E-state index contributed by atoms with van der Waals surface area (Å²) in [5.74, 6) is -0.639. The zero-order chi connectivity index (χ0) is 20.0. The van der Waals surface area contributed by atoms with Crippen LogP contribution in [0.15, 0.2) is 34.4 Å². The van der Waals surface area contributed by atoms with E-state index < -0.39 is 17.8 Å². The smallest absolute Gasteiger partial charge is 0.334 e. The molecule has 28 heavy (non-hydrogen) atoms. The van der Waals surface area contributed by atoms with Gasteiger partial charge >= 0.3 is 5.97 Å². The van der Waals surface area contributed by atoms with Gasteiger partial charge in [-0.2, -0.15) is 0 Å². The highest BCUT2D eigenvalue weighted by Crippen LogP contribution is 2.55. The molecule has 4 nitrogen and oxygen atoms in total. The summed E-state index contributed by atoms with van der Waals surface area (Å²) in [7, 11) is 0. The number of allylic oxidation sites excluding steroid dienone is 1. The van der Waals surface area contributed by atoms with Gasteiger partial charge in [0.1, 0.15) is 12.4 Å². The standard InChI is InChI=1S/C20H15BrF3NO3/c1-2-27-20(26)18-12-3-9-5-16(25-7-13(9)17(12)18)28-8-10-4-14(21)11(19(23)24)6-15(10)22/h4-7,12,19H,2-3,8H2,1H3/t12-/m1/s1. The number of nitrogens with zero attached hydrogens (tertiary/aromatic N) is 1. The summed E-state index contributed by atoms with van der Waals surface area (Å²) in [5.41, 5.74) is 3.36. The monoisotopic (exact) mass is 453 g/mol. The Labute approximate surface area is 167 Å². The Morgan fingerprint density at radius 3 is 2.86 bits per heavy atom. The molecule has 2 aliphatic rings. The number of hydrogen-bond acceptors (Lipinski definition) is 4. The maximum atomic E-state index is 14.0. The molecule has 1 atom stereocenters. The lowest BCUT2D eigenvalue weighted by molar-refractivity contribution is -0.138. The molecule has 2 aromatic rings. The summed E-state index contributed by atoms with van der Waals surface area (Å²) in [4.78, 5) is 16.1. The zero-order valence-electron chi connectivity index (χ0n) is 14.8. The molecule has 2 aliphatic carbocycles. The molecular formula is C20H15BrF3NO3. The fourth-order valence-electron chi connectivity index (χ4n) is 3.49. The van der Waals surface area contributed by atoms with Crippen LogP contribution in [0.1, 0.15) is 35.6 Å². The summed E-state index contributed by atoms with van der Waals surface area (Å²) >= 11 is 3.03. The number of fused-ring (bicyclic) bond motifs is 3. The first-order chi connectivity index (χ1) is 13.4. The number of hydrogen-bond donors (Lipinski definition) is 0. The quantitative estimate of drug-likeness (QED) is 0.577. The first-order valence-electron chi connectivity index (χ1n) is 8.70. The van der Waals surface area contributed by atoms with Crippen molar-refractivity contribution in [3.8, 4) is 5.88 Å². The van der Waals surface area contributed by atoms with Crippen LogP contribution >= 0.6 is 15.9 Å². The van der Waals surface area contributed by atoms with Crippen LogP contribution in [0.5, 0.6) is 5.88 Å². The van der Waals surface area contributed by atoms with E-state index in [2.05, 4.69) is 20.9 Å². The molecule has 146 valence electrons. The summed E-state index contributed by atoms with van der Waals surface area (Å²) < 4.78 is 50.4. The number of rotatable bonds is 6. The van der Waals surface area contributed by atoms with Crippen molar-refractivity contribution in [2.45, 2.75) is 26.4 Å². The lowest BCUT2D eigenvalue weighted by Gasteiger charge is -2.11. The van der Waals surface area contributed by atoms with E-state index in [0.717, 1.165) is 28.3 Å². The second-order valence-electron chi connectivity index (χ2n) is 6.54. The number of carbonyl (C=O) groups is 1. The van der Waals surface area contributed by atoms with Crippen LogP contribution in [-0.2, 0) is 22.6 Å². The van der Waals surface area contributed by atoms with Gasteiger partial charge in [0, 0.05) is 44.9 Å². The highest BCUT2D eigenvalue weighted by atomic mass is 79.9. The molecule has 0 radical (unpaired) electrons. The third-order valence-electron chi connectivity index (χ3n) is 4.85. The summed E-state index contributed by atoms with van der Waals surface area (Å²) in [6.07, 6.45) is -0.448. The Kier molecular flexibility index (Phi) is 4.91. The fraction of sp³-hybridized carbons (Fsp3) is 0.300. The van der Waals surface area contributed by atoms with Crippen molar-refractivity contribution in [1.29, 1.82) is 0 Å². The third kappa shape index (κ3) is 3.30. The number of esters is 1. The van der Waals surface area contributed by atoms with Crippen LogP contribution < -0.4 is 4.74 Å². The van der Waals surface area contributed by atoms with Gasteiger partial charge in [-0.05, 0) is 36.6 Å². The molecule has 0 bridgehead atoms. The largest absolute Gasteiger partial charge is 0.473 e. The van der Waals surface area contributed by atoms with E-state index in [4.69, 9.17) is 9.47 Å². The van der Waals surface area contributed by atoms with E-state index in [-0.39, 0.29) is 28.5 Å². The van der Waals surface area contributed by atoms with Gasteiger partial charge in [-0.1, -0.05) is 15.9 Å². The molecular weight excluding hydrogens is 439 g/mol. The van der Waals surface area contributed by atoms with E-state index in [1.54, 1.807) is 19.2 Å². The van der Waals surface area contributed by atoms with Crippen molar-refractivity contribution in [3.05, 3.63) is 62.5 Å². The van der Waals surface area contributed by atoms with E-state index >= 15 is 0 Å². The first kappa shape index (κ1) is 19.0. The Morgan fingerprint density at radius 1 is 1.36 bits per heavy atom. The molecule has 0 fully saturated rings. The average Bonchev–Trinajstić information content (AvgIpc) is 3.24. The number of aromatic nitrogens is 1. The Morgan fingerprint density at radius 2 is 2.14 bits per heavy atom. The molecule has 4 rings (SSSR count). The first-order valence-corrected chi connectivity index (χ1v) is 9.49. The number of carbonyl (C=O) groups excluding carboxylic acids is 1. The van der Waals surface area contributed by atoms with Crippen molar-refractivity contribution < 1.29 is 27.4 Å². The van der Waals surface area contributed by atoms with Crippen LogP contribution in [-0.4, -0.2) is 17.6 Å². The number of pyridine rings is 1. The SMILES string of the molecule is CCOC(=O)C1=C2c3cnc(OCc4cc(Br)c(C(F)F)cc4F)cc3C[C@@H]12. The minimum Gasteiger partial charge on any atom is -0.473 e. The van der Waals surface area contributed by atoms with Gasteiger partial charge in [-0.3, -0.25) is 0 Å². The van der Waals surface area contributed by atoms with Crippen LogP contribution in [0.3, 0.4) is 0 Å². The zero-order valence-corrected chi connectivity index (χ0v) is 16.4. The third-order valence-corrected chi connectivity index (χ3v) is 5.54. The Hall–Kier alpha value is -2.35. The van der Waals surface area contributed by atoms with Crippen LogP contribution in [0.4, 0.5) is 13.2 Å². The van der Waals surface area contributed by atoms with Gasteiger partial charge in [0.2, 0.25) is 5.88 Å². The summed E-state index contributed by atoms with van der Waals surface area (Å²) in [6.45, 7) is 1.97. The van der Waals surface area contributed by atoms with Crippen molar-refractivity contribution in [2.24, 2.45) is 5.92 Å². The molecule has 1 heterocycles. The van der Waals surface area contributed by atoms with Crippen LogP contribution in [0, 0.1) is 11.7 Å². The van der Waals surface area contributed by atoms with Crippen molar-refractivity contribution >= 4 is 27.5 Å². The highest BCUT2D eigenvalue weighted by molar-refractivity contribution is 9.10. The molecule has 0 aliphatic heterocycles. The molecule has 0 saturated heterocycles. The minimum absolute atomic E-state index is 0.0846. The Balaban J connectivity index is 1.47. The predicted octanol–water partition coefficient (Wildman–Crippen LogP) is 5.00. The summed E-state index contributed by atoms with van der Waals surface area (Å²) in [5, 5.41) is 0. The van der Waals surface area contributed by atoms with E-state index in [9.17, 15) is 18.0 Å². The number of ether oxygens (including phenoxy) is 2. The average molecular weight is 454 g/mol. The second-order valence-corrected chi connectivity index (χ2v) is 7.39. The number of benzene rings is 1. The van der Waals surface area contributed by atoms with Crippen molar-refractivity contribution in [3.63, 3.8) is 0 Å². The molecule has 0 amide bonds. The maximum Gasteiger partial charge on any atom is 0.334 e. The number of halogens is 4. The highest BCUT2D eigenvalue weighted by Gasteiger charge is 2.48. The topological polar surface area (TPSA) is 48.4 Å². The lowest BCUT2D eigenvalue weighted by Crippen LogP contribution is -2.06. The Bertz CT molecular complexity index is 1010. The molecule has 0 saturated carbocycles. The van der Waals surface area contributed by atoms with Crippen LogP contribution in [0.25, 0.3) is 5.57 Å². The molecule has 1 aromatic heterocycles. The van der Waals surface area contributed by atoms with Crippen molar-refractivity contribution in [1.82, 2.24) is 4.98 Å². The van der Waals surface area contributed by atoms with E-state index in [0.29, 0.717) is 18.9 Å². The lowest BCUT2D eigenvalue weighted by atomic mass is 10.1. The number of alkyl halides is 2. The maximum absolute atomic E-state index is 14.0. The van der Waals surface area contributed by atoms with Gasteiger partial charge in [0.05, 0.1) is 6.61 Å². The fourth-order valence-corrected chi connectivity index (χ4v) is 4.05. The van der Waals surface area contributed by atoms with E-state index in [1.807, 2.05) is 0 Å². The van der Waals surface area contributed by atoms with Gasteiger partial charge in [-0.15, -0.1) is 0 Å². The van der Waals surface area contributed by atoms with Gasteiger partial charge < -0.3 is 9.47 Å². The molecule has 0 unspecified atom stereocenters. The van der Waals surface area contributed by atoms with Gasteiger partial charge in [-0.25, -0.2) is 22.9 Å². The molecule has 8 heteroatoms. The second kappa shape index (κ2) is 7.24. The van der Waals surface area contributed by atoms with Gasteiger partial charge in [0.25, 0.3) is 6.43 Å². The predicted molar refractivity (Wildman–Crippen MR) is 98.4 cm³/mol. The van der Waals surface area contributed by atoms with Crippen LogP contribution in [0.2, 0.25) is 0 Å².